The summed E-state index contributed by atoms with van der Waals surface area (Å²) in [4.78, 5) is 44.5. The van der Waals surface area contributed by atoms with Crippen molar-refractivity contribution < 1.29 is 23.9 Å². The predicted octanol–water partition coefficient (Wildman–Crippen LogP) is 3.04. The first-order valence-corrected chi connectivity index (χ1v) is 13.0. The molecule has 2 bridgehead atoms. The van der Waals surface area contributed by atoms with Gasteiger partial charge in [-0.1, -0.05) is 0 Å². The van der Waals surface area contributed by atoms with Gasteiger partial charge in [0, 0.05) is 48.5 Å². The van der Waals surface area contributed by atoms with Gasteiger partial charge in [-0.2, -0.15) is 0 Å². The van der Waals surface area contributed by atoms with E-state index in [1.165, 1.54) is 0 Å². The Morgan fingerprint density at radius 2 is 1.78 bits per heavy atom. The van der Waals surface area contributed by atoms with Gasteiger partial charge >= 0.3 is 0 Å². The van der Waals surface area contributed by atoms with Crippen molar-refractivity contribution in [2.75, 3.05) is 25.2 Å². The molecular formula is C28H34N4O5. The number of rotatable bonds is 10. The van der Waals surface area contributed by atoms with Crippen LogP contribution >= 0.6 is 0 Å². The third kappa shape index (κ3) is 5.32. The first-order chi connectivity index (χ1) is 17.9. The van der Waals surface area contributed by atoms with Crippen LogP contribution in [0.25, 0.3) is 0 Å². The SMILES string of the molecule is COCCOc1cc(C(=O)NC2CC3CCC(C2)N3c2ccc(C(=O)C3CC3)cn2)c(C)cc1C(N)=O. The van der Waals surface area contributed by atoms with Gasteiger partial charge < -0.3 is 25.4 Å². The molecule has 3 N–H and O–H groups in total. The summed E-state index contributed by atoms with van der Waals surface area (Å²) in [5.74, 6) is 0.779. The van der Waals surface area contributed by atoms with E-state index in [1.807, 2.05) is 12.1 Å². The summed E-state index contributed by atoms with van der Waals surface area (Å²) in [6, 6.07) is 7.68. The van der Waals surface area contributed by atoms with Crippen molar-refractivity contribution in [3.8, 4) is 5.75 Å². The number of carbonyl (C=O) groups excluding carboxylic acids is 3. The quantitative estimate of drug-likeness (QED) is 0.375. The van der Waals surface area contributed by atoms with Gasteiger partial charge in [-0.15, -0.1) is 0 Å². The fourth-order valence-corrected chi connectivity index (χ4v) is 5.68. The lowest BCUT2D eigenvalue weighted by Crippen LogP contribution is -2.50. The van der Waals surface area contributed by atoms with Crippen molar-refractivity contribution in [2.45, 2.75) is 63.6 Å². The van der Waals surface area contributed by atoms with Gasteiger partial charge in [0.2, 0.25) is 0 Å². The number of benzene rings is 1. The molecule has 5 rings (SSSR count). The molecule has 2 amide bonds. The number of piperidine rings is 1. The van der Waals surface area contributed by atoms with Gasteiger partial charge in [0.25, 0.3) is 11.8 Å². The molecular weight excluding hydrogens is 472 g/mol. The normalized spacial score (nSPS) is 22.5. The molecule has 9 nitrogen and oxygen atoms in total. The zero-order valence-corrected chi connectivity index (χ0v) is 21.4. The van der Waals surface area contributed by atoms with E-state index in [0.717, 1.165) is 44.3 Å². The Labute approximate surface area is 216 Å². The van der Waals surface area contributed by atoms with Crippen LogP contribution in [0.3, 0.4) is 0 Å². The minimum absolute atomic E-state index is 0.0324. The number of anilines is 1. The van der Waals surface area contributed by atoms with Crippen LogP contribution in [0.4, 0.5) is 5.82 Å². The summed E-state index contributed by atoms with van der Waals surface area (Å²) in [6.45, 7) is 2.38. The van der Waals surface area contributed by atoms with E-state index in [0.29, 0.717) is 23.3 Å². The molecule has 2 aliphatic heterocycles. The van der Waals surface area contributed by atoms with Crippen molar-refractivity contribution >= 4 is 23.4 Å². The van der Waals surface area contributed by atoms with Crippen LogP contribution in [0.2, 0.25) is 0 Å². The van der Waals surface area contributed by atoms with Crippen molar-refractivity contribution in [1.82, 2.24) is 10.3 Å². The highest BCUT2D eigenvalue weighted by molar-refractivity contribution is 6.01. The second kappa shape index (κ2) is 10.5. The smallest absolute Gasteiger partial charge is 0.252 e. The number of hydrogen-bond acceptors (Lipinski definition) is 7. The van der Waals surface area contributed by atoms with Gasteiger partial charge in [0.15, 0.2) is 5.78 Å². The number of nitrogens with two attached hydrogens (primary N) is 1. The Hall–Kier alpha value is -3.46. The molecule has 2 aromatic rings. The summed E-state index contributed by atoms with van der Waals surface area (Å²) in [6.07, 6.45) is 7.43. The van der Waals surface area contributed by atoms with Crippen molar-refractivity contribution in [3.05, 3.63) is 52.7 Å². The lowest BCUT2D eigenvalue weighted by Gasteiger charge is -2.40. The molecule has 3 aliphatic rings. The maximum atomic E-state index is 13.3. The number of nitrogens with zero attached hydrogens (tertiary/aromatic N) is 2. The highest BCUT2D eigenvalue weighted by Crippen LogP contribution is 2.39. The molecule has 1 aromatic heterocycles. The number of pyridine rings is 1. The number of ether oxygens (including phenoxy) is 2. The fraction of sp³-hybridized carbons (Fsp3) is 0.500. The molecule has 3 heterocycles. The summed E-state index contributed by atoms with van der Waals surface area (Å²) in [5.41, 5.74) is 7.59. The van der Waals surface area contributed by atoms with Crippen LogP contribution in [0.15, 0.2) is 30.5 Å². The Morgan fingerprint density at radius 1 is 1.05 bits per heavy atom. The molecule has 196 valence electrons. The molecule has 3 fully saturated rings. The number of amides is 2. The molecule has 0 spiro atoms. The van der Waals surface area contributed by atoms with Crippen molar-refractivity contribution in [1.29, 1.82) is 0 Å². The summed E-state index contributed by atoms with van der Waals surface area (Å²) < 4.78 is 10.7. The molecule has 9 heteroatoms. The second-order valence-corrected chi connectivity index (χ2v) is 10.3. The topological polar surface area (TPSA) is 124 Å². The lowest BCUT2D eigenvalue weighted by atomic mass is 9.96. The summed E-state index contributed by atoms with van der Waals surface area (Å²) in [7, 11) is 1.56. The number of ketones is 1. The standard InChI is InChI=1S/C28H34N4O5/c1-16-11-23(27(29)34)24(37-10-9-36-2)14-22(16)28(35)31-19-12-20-6-7-21(13-19)32(20)25-8-5-18(15-30-25)26(33)17-3-4-17/h5,8,11,14-15,17,19-21H,3-4,6-7,9-10,12-13H2,1-2H3,(H2,29,34)(H,31,35). The van der Waals surface area contributed by atoms with Crippen LogP contribution in [0.1, 0.15) is 75.2 Å². The minimum atomic E-state index is -0.607. The number of methoxy groups -OCH3 is 1. The molecule has 1 saturated carbocycles. The molecule has 1 aliphatic carbocycles. The number of Topliss-reactive ketones (excluding diaryl/α,β-unsaturated/α-hetero) is 1. The number of fused-ring (bicyclic) bond motifs is 2. The van der Waals surface area contributed by atoms with Gasteiger partial charge in [0.1, 0.15) is 18.2 Å². The number of primary amides is 1. The Bertz CT molecular complexity index is 1180. The highest BCUT2D eigenvalue weighted by Gasteiger charge is 2.42. The van der Waals surface area contributed by atoms with Gasteiger partial charge in [-0.3, -0.25) is 14.4 Å². The highest BCUT2D eigenvalue weighted by atomic mass is 16.5. The van der Waals surface area contributed by atoms with Crippen molar-refractivity contribution in [3.63, 3.8) is 0 Å². The maximum absolute atomic E-state index is 13.3. The largest absolute Gasteiger partial charge is 0.490 e. The fourth-order valence-electron chi connectivity index (χ4n) is 5.68. The van der Waals surface area contributed by atoms with Gasteiger partial charge in [-0.05, 0) is 75.3 Å². The van der Waals surface area contributed by atoms with Crippen molar-refractivity contribution in [2.24, 2.45) is 11.7 Å². The van der Waals surface area contributed by atoms with E-state index in [9.17, 15) is 14.4 Å². The molecule has 2 unspecified atom stereocenters. The van der Waals surface area contributed by atoms with Crippen LogP contribution < -0.4 is 20.7 Å². The Kier molecular flexibility index (Phi) is 7.15. The van der Waals surface area contributed by atoms with E-state index < -0.39 is 5.91 Å². The predicted molar refractivity (Wildman–Crippen MR) is 138 cm³/mol. The van der Waals surface area contributed by atoms with Crippen LogP contribution in [0, 0.1) is 12.8 Å². The van der Waals surface area contributed by atoms with E-state index in [1.54, 1.807) is 32.4 Å². The number of aryl methyl sites for hydroxylation is 1. The molecule has 2 saturated heterocycles. The second-order valence-electron chi connectivity index (χ2n) is 10.3. The zero-order valence-electron chi connectivity index (χ0n) is 21.4. The average Bonchev–Trinajstić information content (AvgIpc) is 3.69. The maximum Gasteiger partial charge on any atom is 0.252 e. The van der Waals surface area contributed by atoms with E-state index in [4.69, 9.17) is 15.2 Å². The third-order valence-corrected chi connectivity index (χ3v) is 7.70. The number of nitrogens with one attached hydrogen (secondary N) is 1. The Morgan fingerprint density at radius 3 is 2.38 bits per heavy atom. The average molecular weight is 507 g/mol. The summed E-state index contributed by atoms with van der Waals surface area (Å²) in [5, 5.41) is 3.21. The first-order valence-electron chi connectivity index (χ1n) is 13.0. The third-order valence-electron chi connectivity index (χ3n) is 7.70. The Balaban J connectivity index is 1.26. The molecule has 37 heavy (non-hydrogen) atoms. The zero-order chi connectivity index (χ0) is 26.1. The first kappa shape index (κ1) is 25.2. The van der Waals surface area contributed by atoms with E-state index in [-0.39, 0.29) is 53.7 Å². The molecule has 1 aromatic carbocycles. The number of carbonyl (C=O) groups is 3. The van der Waals surface area contributed by atoms with Crippen LogP contribution in [0.5, 0.6) is 5.75 Å². The molecule has 0 radical (unpaired) electrons. The minimum Gasteiger partial charge on any atom is -0.490 e. The van der Waals surface area contributed by atoms with Gasteiger partial charge in [0.05, 0.1) is 12.2 Å². The molecule has 2 atom stereocenters. The lowest BCUT2D eigenvalue weighted by molar-refractivity contribution is 0.0921. The van der Waals surface area contributed by atoms with E-state index in [2.05, 4.69) is 15.2 Å². The van der Waals surface area contributed by atoms with E-state index >= 15 is 0 Å². The van der Waals surface area contributed by atoms with Gasteiger partial charge in [-0.25, -0.2) is 4.98 Å². The summed E-state index contributed by atoms with van der Waals surface area (Å²) >= 11 is 0. The van der Waals surface area contributed by atoms with Crippen LogP contribution in [-0.4, -0.2) is 61.0 Å². The number of aromatic nitrogens is 1. The monoisotopic (exact) mass is 506 g/mol. The van der Waals surface area contributed by atoms with Crippen LogP contribution in [-0.2, 0) is 4.74 Å². The number of hydrogen-bond donors (Lipinski definition) is 2.